The number of amides is 1. The van der Waals surface area contributed by atoms with Gasteiger partial charge in [-0.25, -0.2) is 0 Å². The maximum atomic E-state index is 12.3. The molecule has 0 spiro atoms. The lowest BCUT2D eigenvalue weighted by Gasteiger charge is -2.37. The van der Waals surface area contributed by atoms with Crippen molar-refractivity contribution in [1.29, 1.82) is 0 Å². The fourth-order valence-corrected chi connectivity index (χ4v) is 3.10. The summed E-state index contributed by atoms with van der Waals surface area (Å²) in [6.07, 6.45) is 4.92. The van der Waals surface area contributed by atoms with Gasteiger partial charge in [-0.1, -0.05) is 66.7 Å². The van der Waals surface area contributed by atoms with Crippen LogP contribution in [0.1, 0.15) is 11.1 Å². The third-order valence-corrected chi connectivity index (χ3v) is 4.50. The maximum Gasteiger partial charge on any atom is 0.247 e. The molecule has 0 bridgehead atoms. The summed E-state index contributed by atoms with van der Waals surface area (Å²) in [5.74, 6) is -0.0391. The summed E-state index contributed by atoms with van der Waals surface area (Å²) in [6.45, 7) is 5.63. The Morgan fingerprint density at radius 3 is 2.22 bits per heavy atom. The Labute approximate surface area is 160 Å². The van der Waals surface area contributed by atoms with Crippen LogP contribution in [0, 0.1) is 0 Å². The SMILES string of the molecule is C=CCN1C(=O)C=C[C@@H](OCc2ccccc2)[C@H]1COCc1ccccc1. The van der Waals surface area contributed by atoms with E-state index in [4.69, 9.17) is 9.47 Å². The molecule has 140 valence electrons. The zero-order valence-electron chi connectivity index (χ0n) is 15.4. The van der Waals surface area contributed by atoms with Crippen molar-refractivity contribution in [3.05, 3.63) is 96.6 Å². The number of nitrogens with zero attached hydrogens (tertiary/aromatic N) is 1. The molecule has 1 aliphatic rings. The molecule has 1 heterocycles. The first-order chi connectivity index (χ1) is 13.3. The van der Waals surface area contributed by atoms with Crippen LogP contribution in [-0.4, -0.2) is 36.1 Å². The molecule has 4 heteroatoms. The van der Waals surface area contributed by atoms with Crippen LogP contribution in [0.4, 0.5) is 0 Å². The monoisotopic (exact) mass is 363 g/mol. The Hall–Kier alpha value is -2.69. The predicted molar refractivity (Wildman–Crippen MR) is 106 cm³/mol. The third kappa shape index (κ3) is 5.39. The highest BCUT2D eigenvalue weighted by atomic mass is 16.5. The van der Waals surface area contributed by atoms with Gasteiger partial charge in [0.25, 0.3) is 0 Å². The van der Waals surface area contributed by atoms with Crippen LogP contribution in [0.2, 0.25) is 0 Å². The minimum atomic E-state index is -0.223. The zero-order chi connectivity index (χ0) is 18.9. The zero-order valence-corrected chi connectivity index (χ0v) is 15.4. The minimum absolute atomic E-state index is 0.0391. The molecule has 0 unspecified atom stereocenters. The average molecular weight is 363 g/mol. The van der Waals surface area contributed by atoms with Crippen molar-refractivity contribution in [2.45, 2.75) is 25.4 Å². The van der Waals surface area contributed by atoms with E-state index in [1.54, 1.807) is 17.1 Å². The molecule has 4 nitrogen and oxygen atoms in total. The highest BCUT2D eigenvalue weighted by Crippen LogP contribution is 2.19. The van der Waals surface area contributed by atoms with E-state index < -0.39 is 0 Å². The normalized spacial score (nSPS) is 19.3. The molecule has 27 heavy (non-hydrogen) atoms. The summed E-state index contributed by atoms with van der Waals surface area (Å²) in [4.78, 5) is 14.1. The first kappa shape index (κ1) is 19.1. The summed E-state index contributed by atoms with van der Waals surface area (Å²) in [5.41, 5.74) is 2.20. The topological polar surface area (TPSA) is 38.8 Å². The largest absolute Gasteiger partial charge is 0.375 e. The maximum absolute atomic E-state index is 12.3. The molecule has 0 aliphatic carbocycles. The molecule has 0 fully saturated rings. The van der Waals surface area contributed by atoms with Crippen LogP contribution in [0.3, 0.4) is 0 Å². The van der Waals surface area contributed by atoms with E-state index in [1.807, 2.05) is 66.7 Å². The molecular weight excluding hydrogens is 338 g/mol. The predicted octanol–water partition coefficient (Wildman–Crippen LogP) is 3.74. The van der Waals surface area contributed by atoms with E-state index >= 15 is 0 Å². The standard InChI is InChI=1S/C23H25NO3/c1-2-15-24-21(18-26-16-19-9-5-3-6-10-19)22(13-14-23(24)25)27-17-20-11-7-4-8-12-20/h2-14,21-22H,1,15-18H2/t21-,22-/m1/s1. The second-order valence-electron chi connectivity index (χ2n) is 6.47. The Balaban J connectivity index is 1.65. The van der Waals surface area contributed by atoms with Gasteiger partial charge in [-0.3, -0.25) is 4.79 Å². The quantitative estimate of drug-likeness (QED) is 0.637. The third-order valence-electron chi connectivity index (χ3n) is 4.50. The second kappa shape index (κ2) is 9.86. The number of hydrogen-bond acceptors (Lipinski definition) is 3. The lowest BCUT2D eigenvalue weighted by atomic mass is 10.0. The summed E-state index contributed by atoms with van der Waals surface area (Å²) in [6, 6.07) is 19.8. The molecule has 2 aromatic rings. The van der Waals surface area contributed by atoms with E-state index in [-0.39, 0.29) is 18.1 Å². The van der Waals surface area contributed by atoms with E-state index in [9.17, 15) is 4.79 Å². The van der Waals surface area contributed by atoms with Crippen LogP contribution in [0.25, 0.3) is 0 Å². The van der Waals surface area contributed by atoms with Crippen molar-refractivity contribution in [2.75, 3.05) is 13.2 Å². The number of rotatable bonds is 9. The van der Waals surface area contributed by atoms with Gasteiger partial charge < -0.3 is 14.4 Å². The highest BCUT2D eigenvalue weighted by Gasteiger charge is 2.32. The molecule has 0 saturated carbocycles. The van der Waals surface area contributed by atoms with E-state index in [2.05, 4.69) is 6.58 Å². The Bertz CT molecular complexity index is 758. The Morgan fingerprint density at radius 2 is 1.59 bits per heavy atom. The molecule has 1 amide bonds. The van der Waals surface area contributed by atoms with Crippen LogP contribution in [0.15, 0.2) is 85.5 Å². The molecule has 0 N–H and O–H groups in total. The minimum Gasteiger partial charge on any atom is -0.375 e. The lowest BCUT2D eigenvalue weighted by molar-refractivity contribution is -0.135. The van der Waals surface area contributed by atoms with Gasteiger partial charge in [-0.05, 0) is 17.2 Å². The lowest BCUT2D eigenvalue weighted by Crippen LogP contribution is -2.52. The van der Waals surface area contributed by atoms with Crippen LogP contribution < -0.4 is 0 Å². The highest BCUT2D eigenvalue weighted by molar-refractivity contribution is 5.89. The number of hydrogen-bond donors (Lipinski definition) is 0. The van der Waals surface area contributed by atoms with Gasteiger partial charge in [0.1, 0.15) is 0 Å². The summed E-state index contributed by atoms with van der Waals surface area (Å²) in [7, 11) is 0. The van der Waals surface area contributed by atoms with Gasteiger partial charge in [0.2, 0.25) is 5.91 Å². The Morgan fingerprint density at radius 1 is 0.963 bits per heavy atom. The number of carbonyl (C=O) groups is 1. The van der Waals surface area contributed by atoms with Gasteiger partial charge in [-0.15, -0.1) is 6.58 Å². The molecule has 0 aromatic heterocycles. The van der Waals surface area contributed by atoms with E-state index in [0.717, 1.165) is 11.1 Å². The van der Waals surface area contributed by atoms with Gasteiger partial charge in [0, 0.05) is 12.6 Å². The van der Waals surface area contributed by atoms with Crippen LogP contribution in [0.5, 0.6) is 0 Å². The van der Waals surface area contributed by atoms with Gasteiger partial charge in [0.05, 0.1) is 32.0 Å². The molecule has 2 aromatic carbocycles. The first-order valence-electron chi connectivity index (χ1n) is 9.15. The van der Waals surface area contributed by atoms with Crippen molar-refractivity contribution in [3.63, 3.8) is 0 Å². The molecule has 0 saturated heterocycles. The Kier molecular flexibility index (Phi) is 6.97. The average Bonchev–Trinajstić information content (AvgIpc) is 2.71. The second-order valence-corrected chi connectivity index (χ2v) is 6.47. The number of benzene rings is 2. The smallest absolute Gasteiger partial charge is 0.247 e. The van der Waals surface area contributed by atoms with Crippen molar-refractivity contribution in [2.24, 2.45) is 0 Å². The van der Waals surface area contributed by atoms with E-state index in [1.165, 1.54) is 0 Å². The molecule has 0 radical (unpaired) electrons. The molecular formula is C23H25NO3. The fraction of sp³-hybridized carbons (Fsp3) is 0.261. The van der Waals surface area contributed by atoms with Gasteiger partial charge >= 0.3 is 0 Å². The van der Waals surface area contributed by atoms with Crippen LogP contribution >= 0.6 is 0 Å². The number of ether oxygens (including phenoxy) is 2. The van der Waals surface area contributed by atoms with Gasteiger partial charge in [-0.2, -0.15) is 0 Å². The summed E-state index contributed by atoms with van der Waals surface area (Å²) in [5, 5.41) is 0. The van der Waals surface area contributed by atoms with Gasteiger partial charge in [0.15, 0.2) is 0 Å². The van der Waals surface area contributed by atoms with Crippen molar-refractivity contribution in [1.82, 2.24) is 4.90 Å². The number of carbonyl (C=O) groups excluding carboxylic acids is 1. The molecule has 3 rings (SSSR count). The van der Waals surface area contributed by atoms with Crippen molar-refractivity contribution >= 4 is 5.91 Å². The fourth-order valence-electron chi connectivity index (χ4n) is 3.10. The van der Waals surface area contributed by atoms with Crippen molar-refractivity contribution in [3.8, 4) is 0 Å². The summed E-state index contributed by atoms with van der Waals surface area (Å²) >= 11 is 0. The summed E-state index contributed by atoms with van der Waals surface area (Å²) < 4.78 is 12.0. The first-order valence-corrected chi connectivity index (χ1v) is 9.15. The molecule has 2 atom stereocenters. The van der Waals surface area contributed by atoms with Crippen LogP contribution in [-0.2, 0) is 27.5 Å². The molecule has 1 aliphatic heterocycles. The van der Waals surface area contributed by atoms with E-state index in [0.29, 0.717) is 26.4 Å². The van der Waals surface area contributed by atoms with Crippen molar-refractivity contribution < 1.29 is 14.3 Å².